The lowest BCUT2D eigenvalue weighted by molar-refractivity contribution is 0.0715. The number of nitrogens with one attached hydrogen (secondary N) is 1. The predicted molar refractivity (Wildman–Crippen MR) is 150 cm³/mol. The highest BCUT2D eigenvalue weighted by Gasteiger charge is 2.28. The zero-order valence-electron chi connectivity index (χ0n) is 22.8. The van der Waals surface area contributed by atoms with Gasteiger partial charge in [-0.05, 0) is 106 Å². The third-order valence-corrected chi connectivity index (χ3v) is 11.3. The smallest absolute Gasteiger partial charge is 0.249 e. The lowest BCUT2D eigenvalue weighted by atomic mass is 9.99. The van der Waals surface area contributed by atoms with Crippen molar-refractivity contribution in [1.29, 1.82) is 0 Å². The second-order valence-electron chi connectivity index (χ2n) is 12.1. The zero-order valence-corrected chi connectivity index (χ0v) is 24.6. The van der Waals surface area contributed by atoms with E-state index in [1.165, 1.54) is 39.8 Å². The fourth-order valence-electron chi connectivity index (χ4n) is 5.88. The standard InChI is InChI=1S/C27H43N5O3SSi/c1-37(2,3)18-16-35-20-32-27(36(33,34)17-8-15-31-13-4-5-14-31)29-26(30-32)28-25-23-11-6-9-21(23)19-22-10-7-12-24(22)25/h19H,4-18,20H2,1-3H3,(H,28,30). The van der Waals surface area contributed by atoms with Gasteiger partial charge in [0.1, 0.15) is 6.73 Å². The molecule has 204 valence electrons. The Balaban J connectivity index is 1.37. The summed E-state index contributed by atoms with van der Waals surface area (Å²) in [6.45, 7) is 10.6. The number of anilines is 2. The molecular weight excluding hydrogens is 502 g/mol. The summed E-state index contributed by atoms with van der Waals surface area (Å²) in [4.78, 5) is 6.92. The van der Waals surface area contributed by atoms with Gasteiger partial charge < -0.3 is 15.0 Å². The molecule has 8 nitrogen and oxygen atoms in total. The Kier molecular flexibility index (Phi) is 8.09. The van der Waals surface area contributed by atoms with E-state index in [4.69, 9.17) is 4.74 Å². The first-order valence-corrected chi connectivity index (χ1v) is 19.5. The molecule has 0 amide bonds. The molecule has 37 heavy (non-hydrogen) atoms. The normalized spacial score (nSPS) is 17.9. The van der Waals surface area contributed by atoms with Crippen molar-refractivity contribution < 1.29 is 13.2 Å². The topological polar surface area (TPSA) is 89.3 Å². The quantitative estimate of drug-likeness (QED) is 0.309. The third kappa shape index (κ3) is 6.46. The first-order chi connectivity index (χ1) is 17.7. The van der Waals surface area contributed by atoms with E-state index in [0.717, 1.165) is 69.9 Å². The summed E-state index contributed by atoms with van der Waals surface area (Å²) >= 11 is 0. The molecule has 2 aromatic rings. The summed E-state index contributed by atoms with van der Waals surface area (Å²) in [5, 5.41) is 8.14. The number of hydrogen-bond acceptors (Lipinski definition) is 7. The minimum absolute atomic E-state index is 0.0219. The Hall–Kier alpha value is -1.75. The molecule has 0 bridgehead atoms. The van der Waals surface area contributed by atoms with Gasteiger partial charge in [0.15, 0.2) is 0 Å². The van der Waals surface area contributed by atoms with Crippen LogP contribution >= 0.6 is 0 Å². The molecule has 1 fully saturated rings. The van der Waals surface area contributed by atoms with Crippen molar-refractivity contribution in [3.05, 3.63) is 28.3 Å². The van der Waals surface area contributed by atoms with Gasteiger partial charge in [0.05, 0.1) is 5.75 Å². The van der Waals surface area contributed by atoms with E-state index in [2.05, 4.69) is 46.0 Å². The van der Waals surface area contributed by atoms with Crippen LogP contribution in [-0.2, 0) is 47.0 Å². The molecule has 5 rings (SSSR count). The minimum atomic E-state index is -3.59. The number of rotatable bonds is 12. The van der Waals surface area contributed by atoms with E-state index in [-0.39, 0.29) is 17.6 Å². The van der Waals surface area contributed by atoms with Crippen LogP contribution in [0.25, 0.3) is 0 Å². The number of aromatic nitrogens is 3. The van der Waals surface area contributed by atoms with Crippen molar-refractivity contribution in [1.82, 2.24) is 19.7 Å². The molecule has 3 aliphatic rings. The summed E-state index contributed by atoms with van der Waals surface area (Å²) in [5.74, 6) is 0.438. The van der Waals surface area contributed by atoms with Crippen molar-refractivity contribution >= 4 is 29.5 Å². The van der Waals surface area contributed by atoms with Gasteiger partial charge in [0, 0.05) is 20.4 Å². The highest BCUT2D eigenvalue weighted by molar-refractivity contribution is 7.91. The van der Waals surface area contributed by atoms with E-state index in [0.29, 0.717) is 19.0 Å². The minimum Gasteiger partial charge on any atom is -0.359 e. The molecule has 1 aliphatic heterocycles. The molecule has 0 radical (unpaired) electrons. The fourth-order valence-corrected chi connectivity index (χ4v) is 7.97. The lowest BCUT2D eigenvalue weighted by Crippen LogP contribution is -2.24. The van der Waals surface area contributed by atoms with Gasteiger partial charge >= 0.3 is 0 Å². The van der Waals surface area contributed by atoms with E-state index in [9.17, 15) is 8.42 Å². The number of likely N-dealkylation sites (tertiary alicyclic amines) is 1. The Bertz CT molecular complexity index is 1180. The maximum Gasteiger partial charge on any atom is 0.249 e. The largest absolute Gasteiger partial charge is 0.359 e. The van der Waals surface area contributed by atoms with Crippen molar-refractivity contribution in [2.24, 2.45) is 0 Å². The molecule has 10 heteroatoms. The van der Waals surface area contributed by atoms with Crippen LogP contribution in [0.2, 0.25) is 25.7 Å². The van der Waals surface area contributed by atoms with Crippen molar-refractivity contribution in [2.45, 2.75) is 95.4 Å². The van der Waals surface area contributed by atoms with Gasteiger partial charge in [-0.15, -0.1) is 5.10 Å². The molecule has 0 spiro atoms. The maximum absolute atomic E-state index is 13.4. The molecule has 1 aromatic carbocycles. The number of sulfone groups is 1. The van der Waals surface area contributed by atoms with Gasteiger partial charge in [-0.25, -0.2) is 13.1 Å². The van der Waals surface area contributed by atoms with Crippen LogP contribution in [0, 0.1) is 0 Å². The number of hydrogen-bond donors (Lipinski definition) is 1. The average molecular weight is 546 g/mol. The molecule has 0 atom stereocenters. The fraction of sp³-hybridized carbons (Fsp3) is 0.704. The molecule has 0 saturated carbocycles. The van der Waals surface area contributed by atoms with Crippen LogP contribution in [0.3, 0.4) is 0 Å². The zero-order chi connectivity index (χ0) is 26.0. The van der Waals surface area contributed by atoms with Gasteiger partial charge in [0.25, 0.3) is 0 Å². The first-order valence-electron chi connectivity index (χ1n) is 14.1. The molecule has 1 saturated heterocycles. The summed E-state index contributed by atoms with van der Waals surface area (Å²) < 4.78 is 34.3. The van der Waals surface area contributed by atoms with Gasteiger partial charge in [-0.2, -0.15) is 4.98 Å². The Labute approximate surface area is 223 Å². The van der Waals surface area contributed by atoms with Crippen LogP contribution in [0.1, 0.15) is 54.4 Å². The summed E-state index contributed by atoms with van der Waals surface area (Å²) in [5.41, 5.74) is 6.69. The highest BCUT2D eigenvalue weighted by atomic mass is 32.2. The summed E-state index contributed by atoms with van der Waals surface area (Å²) in [6, 6.07) is 3.41. The molecule has 1 aromatic heterocycles. The molecule has 2 aliphatic carbocycles. The van der Waals surface area contributed by atoms with E-state index in [1.54, 1.807) is 0 Å². The number of ether oxygens (including phenoxy) is 1. The van der Waals surface area contributed by atoms with Crippen molar-refractivity contribution in [3.8, 4) is 0 Å². The molecule has 2 heterocycles. The van der Waals surface area contributed by atoms with Crippen LogP contribution in [0.4, 0.5) is 11.6 Å². The monoisotopic (exact) mass is 545 g/mol. The lowest BCUT2D eigenvalue weighted by Gasteiger charge is -2.16. The van der Waals surface area contributed by atoms with Gasteiger partial charge in [-0.1, -0.05) is 25.7 Å². The molecule has 1 N–H and O–H groups in total. The van der Waals surface area contributed by atoms with Gasteiger partial charge in [0.2, 0.25) is 20.9 Å². The van der Waals surface area contributed by atoms with Crippen LogP contribution in [-0.4, -0.2) is 68.2 Å². The number of nitrogens with zero attached hydrogens (tertiary/aromatic N) is 4. The Morgan fingerprint density at radius 2 is 1.68 bits per heavy atom. The number of aryl methyl sites for hydroxylation is 2. The predicted octanol–water partition coefficient (Wildman–Crippen LogP) is 4.57. The van der Waals surface area contributed by atoms with E-state index < -0.39 is 17.9 Å². The SMILES string of the molecule is C[Si](C)(C)CCOCn1nc(Nc2c3c(cc4c2CCC4)CCC3)nc1S(=O)(=O)CCCN1CCCC1. The molecular formula is C27H43N5O3SSi. The second kappa shape index (κ2) is 11.2. The summed E-state index contributed by atoms with van der Waals surface area (Å²) in [7, 11) is -4.84. The third-order valence-electron chi connectivity index (χ3n) is 7.92. The highest BCUT2D eigenvalue weighted by Crippen LogP contribution is 2.39. The van der Waals surface area contributed by atoms with E-state index >= 15 is 0 Å². The average Bonchev–Trinajstić information content (AvgIpc) is 3.62. The van der Waals surface area contributed by atoms with Crippen LogP contribution in [0.15, 0.2) is 11.2 Å². The first kappa shape index (κ1) is 26.8. The van der Waals surface area contributed by atoms with E-state index in [1.807, 2.05) is 0 Å². The van der Waals surface area contributed by atoms with Crippen molar-refractivity contribution in [2.75, 3.05) is 37.3 Å². The Morgan fingerprint density at radius 1 is 1.00 bits per heavy atom. The summed E-state index contributed by atoms with van der Waals surface area (Å²) in [6.07, 6.45) is 9.66. The van der Waals surface area contributed by atoms with Crippen LogP contribution < -0.4 is 5.32 Å². The Morgan fingerprint density at radius 3 is 2.32 bits per heavy atom. The van der Waals surface area contributed by atoms with Gasteiger partial charge in [-0.3, -0.25) is 0 Å². The number of benzene rings is 1. The van der Waals surface area contributed by atoms with Crippen LogP contribution in [0.5, 0.6) is 0 Å². The second-order valence-corrected chi connectivity index (χ2v) is 19.8. The molecule has 0 unspecified atom stereocenters. The maximum atomic E-state index is 13.4. The number of fused-ring (bicyclic) bond motifs is 2. The van der Waals surface area contributed by atoms with Crippen molar-refractivity contribution in [3.63, 3.8) is 0 Å².